The van der Waals surface area contributed by atoms with Crippen molar-refractivity contribution < 1.29 is 9.32 Å². The van der Waals surface area contributed by atoms with E-state index in [-0.39, 0.29) is 18.0 Å². The highest BCUT2D eigenvalue weighted by Gasteiger charge is 2.11. The number of urea groups is 1. The molecule has 2 aromatic rings. The van der Waals surface area contributed by atoms with E-state index < -0.39 is 0 Å². The summed E-state index contributed by atoms with van der Waals surface area (Å²) in [6.07, 6.45) is 4.29. The number of aromatic nitrogens is 3. The fraction of sp³-hybridized carbons (Fsp3) is 0.429. The lowest BCUT2D eigenvalue weighted by atomic mass is 10.1. The lowest BCUT2D eigenvalue weighted by molar-refractivity contribution is 0.251. The van der Waals surface area contributed by atoms with Crippen molar-refractivity contribution in [2.45, 2.75) is 33.1 Å². The molecule has 0 saturated heterocycles. The molecule has 2 amide bonds. The number of aryl methyl sites for hydroxylation is 1. The molecule has 0 fully saturated rings. The van der Waals surface area contributed by atoms with Crippen molar-refractivity contribution in [3.8, 4) is 0 Å². The van der Waals surface area contributed by atoms with Gasteiger partial charge in [0, 0.05) is 24.9 Å². The summed E-state index contributed by atoms with van der Waals surface area (Å²) in [5, 5.41) is 9.04. The molecule has 0 saturated carbocycles. The average molecular weight is 289 g/mol. The van der Waals surface area contributed by atoms with E-state index in [1.165, 1.54) is 0 Å². The first-order valence-electron chi connectivity index (χ1n) is 6.84. The summed E-state index contributed by atoms with van der Waals surface area (Å²) in [4.78, 5) is 19.8. The molecule has 2 heterocycles. The Kier molecular flexibility index (Phi) is 4.86. The highest BCUT2D eigenvalue weighted by Crippen LogP contribution is 2.12. The Bertz CT molecular complexity index is 609. The van der Waals surface area contributed by atoms with Gasteiger partial charge in [0.05, 0.1) is 0 Å². The van der Waals surface area contributed by atoms with Gasteiger partial charge in [-0.2, -0.15) is 4.98 Å². The van der Waals surface area contributed by atoms with Gasteiger partial charge in [0.2, 0.25) is 0 Å². The zero-order valence-electron chi connectivity index (χ0n) is 12.4. The molecule has 0 aliphatic rings. The van der Waals surface area contributed by atoms with Gasteiger partial charge in [0.15, 0.2) is 5.82 Å². The molecule has 0 spiro atoms. The topological polar surface area (TPSA) is 92.9 Å². The number of hydrogen-bond acceptors (Lipinski definition) is 5. The van der Waals surface area contributed by atoms with Gasteiger partial charge in [-0.1, -0.05) is 19.0 Å². The van der Waals surface area contributed by atoms with E-state index in [9.17, 15) is 4.79 Å². The van der Waals surface area contributed by atoms with Crippen LogP contribution in [0.2, 0.25) is 0 Å². The first kappa shape index (κ1) is 15.0. The summed E-state index contributed by atoms with van der Waals surface area (Å²) in [5.41, 5.74) is 2.27. The number of nitrogens with zero attached hydrogens (tertiary/aromatic N) is 3. The van der Waals surface area contributed by atoms with Gasteiger partial charge in [-0.25, -0.2) is 4.79 Å². The highest BCUT2D eigenvalue weighted by atomic mass is 16.5. The van der Waals surface area contributed by atoms with Crippen molar-refractivity contribution in [1.82, 2.24) is 20.4 Å². The monoisotopic (exact) mass is 289 g/mol. The molecule has 0 radical (unpaired) electrons. The molecule has 0 aliphatic heterocycles. The normalized spacial score (nSPS) is 10.7. The molecule has 0 aliphatic carbocycles. The summed E-state index contributed by atoms with van der Waals surface area (Å²) in [7, 11) is 0. The van der Waals surface area contributed by atoms with Gasteiger partial charge in [-0.15, -0.1) is 0 Å². The van der Waals surface area contributed by atoms with Crippen LogP contribution in [0.1, 0.15) is 36.7 Å². The van der Waals surface area contributed by atoms with Crippen LogP contribution in [0.3, 0.4) is 0 Å². The quantitative estimate of drug-likeness (QED) is 0.880. The van der Waals surface area contributed by atoms with E-state index in [1.807, 2.05) is 26.8 Å². The molecule has 7 nitrogen and oxygen atoms in total. The molecule has 2 rings (SSSR count). The van der Waals surface area contributed by atoms with Gasteiger partial charge < -0.3 is 9.84 Å². The predicted octanol–water partition coefficient (Wildman–Crippen LogP) is 2.26. The molecule has 2 N–H and O–H groups in total. The van der Waals surface area contributed by atoms with Crippen molar-refractivity contribution in [3.05, 3.63) is 35.4 Å². The Hall–Kier alpha value is -2.44. The van der Waals surface area contributed by atoms with Crippen LogP contribution in [0, 0.1) is 6.92 Å². The van der Waals surface area contributed by atoms with Crippen LogP contribution in [-0.2, 0) is 6.42 Å². The number of hydrogen-bond donors (Lipinski definition) is 2. The lowest BCUT2D eigenvalue weighted by Gasteiger charge is -2.06. The number of nitrogens with one attached hydrogen (secondary N) is 2. The van der Waals surface area contributed by atoms with Crippen molar-refractivity contribution in [2.24, 2.45) is 0 Å². The van der Waals surface area contributed by atoms with E-state index in [1.54, 1.807) is 12.4 Å². The van der Waals surface area contributed by atoms with E-state index >= 15 is 0 Å². The first-order valence-corrected chi connectivity index (χ1v) is 6.84. The molecular weight excluding hydrogens is 270 g/mol. The fourth-order valence-corrected chi connectivity index (χ4v) is 1.75. The van der Waals surface area contributed by atoms with Crippen LogP contribution < -0.4 is 10.6 Å². The number of carbonyl (C=O) groups is 1. The minimum absolute atomic E-state index is 0.108. The van der Waals surface area contributed by atoms with E-state index in [2.05, 4.69) is 25.8 Å². The summed E-state index contributed by atoms with van der Waals surface area (Å²) < 4.78 is 4.94. The summed E-state index contributed by atoms with van der Waals surface area (Å²) >= 11 is 0. The molecule has 21 heavy (non-hydrogen) atoms. The third-order valence-corrected chi connectivity index (χ3v) is 2.99. The second kappa shape index (κ2) is 6.83. The molecular formula is C14H19N5O2. The minimum atomic E-state index is -0.360. The predicted molar refractivity (Wildman–Crippen MR) is 78.1 cm³/mol. The second-order valence-corrected chi connectivity index (χ2v) is 5.05. The van der Waals surface area contributed by atoms with Crippen LogP contribution in [0.5, 0.6) is 0 Å². The molecule has 7 heteroatoms. The van der Waals surface area contributed by atoms with Crippen LogP contribution in [0.4, 0.5) is 10.8 Å². The van der Waals surface area contributed by atoms with Gasteiger partial charge in [-0.3, -0.25) is 10.3 Å². The Labute approximate surface area is 123 Å². The third-order valence-electron chi connectivity index (χ3n) is 2.99. The smallest absolute Gasteiger partial charge is 0.329 e. The summed E-state index contributed by atoms with van der Waals surface area (Å²) in [5.74, 6) is 0.722. The van der Waals surface area contributed by atoms with E-state index in [4.69, 9.17) is 4.52 Å². The maximum Gasteiger partial charge on any atom is 0.329 e. The van der Waals surface area contributed by atoms with E-state index in [0.717, 1.165) is 17.5 Å². The second-order valence-electron chi connectivity index (χ2n) is 5.05. The first-order chi connectivity index (χ1) is 10.1. The van der Waals surface area contributed by atoms with Crippen LogP contribution in [0.25, 0.3) is 0 Å². The maximum absolute atomic E-state index is 11.7. The van der Waals surface area contributed by atoms with Gasteiger partial charge in [-0.05, 0) is 30.5 Å². The van der Waals surface area contributed by atoms with Gasteiger partial charge >= 0.3 is 12.0 Å². The molecule has 2 aromatic heterocycles. The van der Waals surface area contributed by atoms with Crippen LogP contribution in [-0.4, -0.2) is 27.7 Å². The number of carbonyl (C=O) groups excluding carboxylic acids is 1. The van der Waals surface area contributed by atoms with Crippen LogP contribution in [0.15, 0.2) is 23.0 Å². The highest BCUT2D eigenvalue weighted by molar-refractivity contribution is 5.86. The zero-order chi connectivity index (χ0) is 15.2. The average Bonchev–Trinajstić information content (AvgIpc) is 2.89. The molecule has 112 valence electrons. The lowest BCUT2D eigenvalue weighted by Crippen LogP contribution is -2.30. The van der Waals surface area contributed by atoms with Crippen molar-refractivity contribution in [3.63, 3.8) is 0 Å². The Morgan fingerprint density at radius 1 is 1.43 bits per heavy atom. The number of anilines is 1. The molecule has 0 unspecified atom stereocenters. The van der Waals surface area contributed by atoms with Crippen LogP contribution >= 0.6 is 0 Å². The largest absolute Gasteiger partial charge is 0.337 e. The molecule has 0 aromatic carbocycles. The van der Waals surface area contributed by atoms with Gasteiger partial charge in [0.25, 0.3) is 0 Å². The molecule has 0 bridgehead atoms. The van der Waals surface area contributed by atoms with Gasteiger partial charge in [0.1, 0.15) is 0 Å². The number of pyridine rings is 1. The van der Waals surface area contributed by atoms with Crippen molar-refractivity contribution in [1.29, 1.82) is 0 Å². The molecule has 0 atom stereocenters. The van der Waals surface area contributed by atoms with Crippen molar-refractivity contribution >= 4 is 12.0 Å². The Morgan fingerprint density at radius 3 is 2.90 bits per heavy atom. The van der Waals surface area contributed by atoms with Crippen molar-refractivity contribution in [2.75, 3.05) is 11.9 Å². The SMILES string of the molecule is Cc1cnccc1CCNC(=O)Nc1nc(C(C)C)no1. The third kappa shape index (κ3) is 4.27. The number of rotatable bonds is 5. The summed E-state index contributed by atoms with van der Waals surface area (Å²) in [6.45, 7) is 6.41. The number of amides is 2. The summed E-state index contributed by atoms with van der Waals surface area (Å²) in [6, 6.07) is 1.69. The standard InChI is InChI=1S/C14H19N5O2/c1-9(2)12-17-14(21-19-12)18-13(20)16-7-5-11-4-6-15-8-10(11)3/h4,6,8-9H,5,7H2,1-3H3,(H2,16,17,18,19,20). The minimum Gasteiger partial charge on any atom is -0.337 e. The Morgan fingerprint density at radius 2 is 2.24 bits per heavy atom. The Balaban J connectivity index is 1.78. The zero-order valence-corrected chi connectivity index (χ0v) is 12.4. The maximum atomic E-state index is 11.7. The van der Waals surface area contributed by atoms with E-state index in [0.29, 0.717) is 12.4 Å². The fourth-order valence-electron chi connectivity index (χ4n) is 1.75.